The number of benzene rings is 2. The third kappa shape index (κ3) is 4.07. The predicted octanol–water partition coefficient (Wildman–Crippen LogP) is 3.16. The largest absolute Gasteiger partial charge is 0.347 e. The molecule has 0 bridgehead atoms. The monoisotopic (exact) mass is 398 g/mol. The quantitative estimate of drug-likeness (QED) is 0.832. The van der Waals surface area contributed by atoms with Gasteiger partial charge in [0.05, 0.1) is 11.3 Å². The molecule has 6 heteroatoms. The molecule has 1 saturated heterocycles. The number of carbonyl (C=O) groups excluding carboxylic acids is 2. The molecule has 3 atom stereocenters. The van der Waals surface area contributed by atoms with Gasteiger partial charge in [0.25, 0.3) is 0 Å². The molecule has 28 heavy (non-hydrogen) atoms. The van der Waals surface area contributed by atoms with Gasteiger partial charge in [-0.1, -0.05) is 42.5 Å². The van der Waals surface area contributed by atoms with Crippen LogP contribution in [0.5, 0.6) is 0 Å². The van der Waals surface area contributed by atoms with Crippen LogP contribution in [0.15, 0.2) is 48.5 Å². The van der Waals surface area contributed by atoms with Crippen molar-refractivity contribution >= 4 is 23.6 Å². The lowest BCUT2D eigenvalue weighted by Crippen LogP contribution is -2.55. The van der Waals surface area contributed by atoms with E-state index in [9.17, 15) is 14.0 Å². The first kappa shape index (κ1) is 19.0. The second-order valence-electron chi connectivity index (χ2n) is 7.33. The zero-order valence-corrected chi connectivity index (χ0v) is 16.3. The van der Waals surface area contributed by atoms with Gasteiger partial charge >= 0.3 is 0 Å². The first-order chi connectivity index (χ1) is 13.6. The molecule has 1 aliphatic heterocycles. The van der Waals surface area contributed by atoms with E-state index in [0.717, 1.165) is 19.3 Å². The summed E-state index contributed by atoms with van der Waals surface area (Å²) < 4.78 is 13.9. The third-order valence-corrected chi connectivity index (χ3v) is 6.75. The highest BCUT2D eigenvalue weighted by atomic mass is 32.2. The second-order valence-corrected chi connectivity index (χ2v) is 8.57. The van der Waals surface area contributed by atoms with Crippen molar-refractivity contribution in [1.29, 1.82) is 0 Å². The van der Waals surface area contributed by atoms with Crippen LogP contribution in [0, 0.1) is 5.82 Å². The number of halogens is 1. The Kier molecular flexibility index (Phi) is 5.67. The fourth-order valence-corrected chi connectivity index (χ4v) is 5.10. The minimum atomic E-state index is -0.552. The number of hydrogen-bond donors (Lipinski definition) is 2. The van der Waals surface area contributed by atoms with Crippen LogP contribution in [0.3, 0.4) is 0 Å². The van der Waals surface area contributed by atoms with Crippen molar-refractivity contribution in [3.8, 4) is 0 Å². The Morgan fingerprint density at radius 1 is 1.18 bits per heavy atom. The van der Waals surface area contributed by atoms with Gasteiger partial charge in [-0.15, -0.1) is 11.8 Å². The summed E-state index contributed by atoms with van der Waals surface area (Å²) in [5.41, 5.74) is 2.98. The Bertz CT molecular complexity index is 888. The molecule has 146 valence electrons. The second kappa shape index (κ2) is 8.35. The number of thioether (sulfide) groups is 1. The lowest BCUT2D eigenvalue weighted by Gasteiger charge is -2.31. The van der Waals surface area contributed by atoms with Crippen LogP contribution >= 0.6 is 11.8 Å². The standard InChI is InChI=1S/C22H23FN2O2S/c23-17-10-4-2-7-15(17)12-20-22(27)25-19(13-28-20)21(26)24-18-11-5-8-14-6-1-3-9-16(14)18/h1-4,6-7,9-10,18-20H,5,8,11-13H2,(H,24,26)(H,25,27)/t18-,19+,20-/m1/s1. The molecule has 0 spiro atoms. The summed E-state index contributed by atoms with van der Waals surface area (Å²) in [6.07, 6.45) is 3.31. The van der Waals surface area contributed by atoms with E-state index in [1.54, 1.807) is 18.2 Å². The van der Waals surface area contributed by atoms with Crippen LogP contribution in [0.25, 0.3) is 0 Å². The Labute approximate surface area is 168 Å². The van der Waals surface area contributed by atoms with E-state index in [1.807, 2.05) is 12.1 Å². The van der Waals surface area contributed by atoms with Gasteiger partial charge in [-0.25, -0.2) is 4.39 Å². The molecule has 0 saturated carbocycles. The fourth-order valence-electron chi connectivity index (χ4n) is 3.93. The summed E-state index contributed by atoms with van der Waals surface area (Å²) in [4.78, 5) is 25.2. The molecule has 2 aromatic rings. The van der Waals surface area contributed by atoms with Crippen LogP contribution in [-0.2, 0) is 22.4 Å². The number of nitrogens with one attached hydrogen (secondary N) is 2. The van der Waals surface area contributed by atoms with Crippen LogP contribution in [-0.4, -0.2) is 28.9 Å². The van der Waals surface area contributed by atoms with E-state index in [0.29, 0.717) is 17.7 Å². The highest BCUT2D eigenvalue weighted by molar-refractivity contribution is 8.00. The van der Waals surface area contributed by atoms with E-state index in [4.69, 9.17) is 0 Å². The van der Waals surface area contributed by atoms with Gasteiger partial charge in [0.15, 0.2) is 0 Å². The molecular formula is C22H23FN2O2S. The fraction of sp³-hybridized carbons (Fsp3) is 0.364. The summed E-state index contributed by atoms with van der Waals surface area (Å²) in [6, 6.07) is 14.1. The van der Waals surface area contributed by atoms with Gasteiger partial charge in [0.2, 0.25) is 11.8 Å². The first-order valence-corrected chi connectivity index (χ1v) is 10.7. The predicted molar refractivity (Wildman–Crippen MR) is 109 cm³/mol. The number of carbonyl (C=O) groups is 2. The van der Waals surface area contributed by atoms with Crippen LogP contribution < -0.4 is 10.6 Å². The summed E-state index contributed by atoms with van der Waals surface area (Å²) >= 11 is 1.42. The van der Waals surface area contributed by atoms with Crippen molar-refractivity contribution in [2.45, 2.75) is 43.0 Å². The zero-order chi connectivity index (χ0) is 19.5. The maximum absolute atomic E-state index is 13.9. The summed E-state index contributed by atoms with van der Waals surface area (Å²) in [5, 5.41) is 5.56. The lowest BCUT2D eigenvalue weighted by molar-refractivity contribution is -0.129. The van der Waals surface area contributed by atoms with Gasteiger partial charge in [0, 0.05) is 5.75 Å². The maximum atomic E-state index is 13.9. The van der Waals surface area contributed by atoms with Gasteiger partial charge in [-0.3, -0.25) is 9.59 Å². The van der Waals surface area contributed by atoms with Gasteiger partial charge < -0.3 is 10.6 Å². The average Bonchev–Trinajstić information content (AvgIpc) is 2.71. The topological polar surface area (TPSA) is 58.2 Å². The van der Waals surface area contributed by atoms with Gasteiger partial charge in [0.1, 0.15) is 11.9 Å². The minimum Gasteiger partial charge on any atom is -0.347 e. The molecule has 2 N–H and O–H groups in total. The molecule has 0 aromatic heterocycles. The van der Waals surface area contributed by atoms with Crippen molar-refractivity contribution in [3.05, 3.63) is 71.0 Å². The summed E-state index contributed by atoms with van der Waals surface area (Å²) in [7, 11) is 0. The molecule has 0 unspecified atom stereocenters. The number of amides is 2. The molecule has 4 rings (SSSR count). The Morgan fingerprint density at radius 3 is 2.79 bits per heavy atom. The van der Waals surface area contributed by atoms with Crippen molar-refractivity contribution in [2.75, 3.05) is 5.75 Å². The third-order valence-electron chi connectivity index (χ3n) is 5.44. The van der Waals surface area contributed by atoms with E-state index < -0.39 is 6.04 Å². The highest BCUT2D eigenvalue weighted by Crippen LogP contribution is 2.30. The number of aryl methyl sites for hydroxylation is 1. The first-order valence-electron chi connectivity index (χ1n) is 9.65. The van der Waals surface area contributed by atoms with E-state index in [2.05, 4.69) is 22.8 Å². The lowest BCUT2D eigenvalue weighted by atomic mass is 9.87. The van der Waals surface area contributed by atoms with Crippen molar-refractivity contribution in [2.24, 2.45) is 0 Å². The molecule has 4 nitrogen and oxygen atoms in total. The summed E-state index contributed by atoms with van der Waals surface area (Å²) in [6.45, 7) is 0. The average molecular weight is 399 g/mol. The molecule has 1 heterocycles. The van der Waals surface area contributed by atoms with Crippen molar-refractivity contribution in [3.63, 3.8) is 0 Å². The molecule has 0 radical (unpaired) electrons. The Hall–Kier alpha value is -2.34. The molecule has 2 aromatic carbocycles. The van der Waals surface area contributed by atoms with Crippen molar-refractivity contribution < 1.29 is 14.0 Å². The molecule has 1 aliphatic carbocycles. The Morgan fingerprint density at radius 2 is 1.96 bits per heavy atom. The van der Waals surface area contributed by atoms with Gasteiger partial charge in [-0.2, -0.15) is 0 Å². The van der Waals surface area contributed by atoms with Crippen molar-refractivity contribution in [1.82, 2.24) is 10.6 Å². The minimum absolute atomic E-state index is 0.00418. The van der Waals surface area contributed by atoms with Crippen LogP contribution in [0.4, 0.5) is 4.39 Å². The summed E-state index contributed by atoms with van der Waals surface area (Å²) in [5.74, 6) is -0.159. The van der Waals surface area contributed by atoms with E-state index in [-0.39, 0.29) is 28.9 Å². The molecule has 2 amide bonds. The highest BCUT2D eigenvalue weighted by Gasteiger charge is 2.34. The van der Waals surface area contributed by atoms with Crippen LogP contribution in [0.1, 0.15) is 35.6 Å². The Balaban J connectivity index is 1.36. The maximum Gasteiger partial charge on any atom is 0.243 e. The molecule has 1 fully saturated rings. The number of hydrogen-bond acceptors (Lipinski definition) is 3. The van der Waals surface area contributed by atoms with Gasteiger partial charge in [-0.05, 0) is 48.4 Å². The van der Waals surface area contributed by atoms with E-state index in [1.165, 1.54) is 29.0 Å². The number of fused-ring (bicyclic) bond motifs is 1. The normalized spacial score (nSPS) is 24.2. The molecular weight excluding hydrogens is 375 g/mol. The number of rotatable bonds is 4. The molecule has 2 aliphatic rings. The SMILES string of the molecule is O=C(N[C@@H]1CCCc2ccccc21)[C@@H]1CS[C@H](Cc2ccccc2F)C(=O)N1. The smallest absolute Gasteiger partial charge is 0.243 e. The van der Waals surface area contributed by atoms with E-state index >= 15 is 0 Å². The van der Waals surface area contributed by atoms with Crippen LogP contribution in [0.2, 0.25) is 0 Å². The zero-order valence-electron chi connectivity index (χ0n) is 15.5.